The zero-order valence-corrected chi connectivity index (χ0v) is 15.5. The summed E-state index contributed by atoms with van der Waals surface area (Å²) in [6, 6.07) is 19.1. The second kappa shape index (κ2) is 8.21. The number of nitrogens with zero attached hydrogens (tertiary/aromatic N) is 1. The van der Waals surface area contributed by atoms with Crippen LogP contribution in [-0.2, 0) is 0 Å². The van der Waals surface area contributed by atoms with Crippen LogP contribution in [-0.4, -0.2) is 31.4 Å². The van der Waals surface area contributed by atoms with Crippen molar-refractivity contribution in [1.29, 1.82) is 0 Å². The molecule has 0 aliphatic heterocycles. The molecule has 3 aromatic rings. The van der Waals surface area contributed by atoms with Gasteiger partial charge in [-0.15, -0.1) is 0 Å². The Morgan fingerprint density at radius 1 is 1.08 bits per heavy atom. The fourth-order valence-corrected chi connectivity index (χ4v) is 3.18. The highest BCUT2D eigenvalue weighted by Gasteiger charge is 2.21. The fourth-order valence-electron chi connectivity index (χ4n) is 2.92. The first-order valence-corrected chi connectivity index (χ1v) is 8.77. The van der Waals surface area contributed by atoms with Crippen molar-refractivity contribution in [2.45, 2.75) is 6.04 Å². The molecule has 1 heterocycles. The average Bonchev–Trinajstić information content (AvgIpc) is 3.13. The molecule has 5 heteroatoms. The molecule has 3 rings (SSSR count). The van der Waals surface area contributed by atoms with E-state index in [1.165, 1.54) is 6.26 Å². The molecule has 0 bridgehead atoms. The summed E-state index contributed by atoms with van der Waals surface area (Å²) >= 11 is 6.33. The lowest BCUT2D eigenvalue weighted by Gasteiger charge is -2.25. The van der Waals surface area contributed by atoms with E-state index in [-0.39, 0.29) is 11.9 Å². The first-order chi connectivity index (χ1) is 12.6. The lowest BCUT2D eigenvalue weighted by atomic mass is 10.0. The van der Waals surface area contributed by atoms with Crippen molar-refractivity contribution in [2.24, 2.45) is 0 Å². The molecule has 1 amide bonds. The largest absolute Gasteiger partial charge is 0.459 e. The number of carbonyl (C=O) groups is 1. The molecular weight excluding hydrogens is 348 g/mol. The van der Waals surface area contributed by atoms with Crippen molar-refractivity contribution in [3.63, 3.8) is 0 Å². The number of hydrogen-bond donors (Lipinski definition) is 1. The quantitative estimate of drug-likeness (QED) is 0.689. The SMILES string of the molecule is CN(C)C(CNC(=O)c1occc1-c1ccccc1)c1ccccc1Cl. The van der Waals surface area contributed by atoms with Gasteiger partial charge in [0, 0.05) is 17.1 Å². The van der Waals surface area contributed by atoms with E-state index in [0.717, 1.165) is 16.7 Å². The van der Waals surface area contributed by atoms with Gasteiger partial charge >= 0.3 is 0 Å². The molecule has 1 unspecified atom stereocenters. The Morgan fingerprint density at radius 2 is 1.77 bits per heavy atom. The van der Waals surface area contributed by atoms with Gasteiger partial charge in [-0.05, 0) is 37.4 Å². The molecule has 134 valence electrons. The molecule has 1 aromatic heterocycles. The Bertz CT molecular complexity index is 874. The maximum atomic E-state index is 12.7. The molecular formula is C21H21ClN2O2. The molecule has 0 fully saturated rings. The van der Waals surface area contributed by atoms with Gasteiger partial charge in [-0.3, -0.25) is 4.79 Å². The zero-order valence-electron chi connectivity index (χ0n) is 14.8. The molecule has 0 radical (unpaired) electrons. The van der Waals surface area contributed by atoms with E-state index in [2.05, 4.69) is 5.32 Å². The van der Waals surface area contributed by atoms with E-state index >= 15 is 0 Å². The second-order valence-electron chi connectivity index (χ2n) is 6.24. The minimum atomic E-state index is -0.243. The second-order valence-corrected chi connectivity index (χ2v) is 6.65. The van der Waals surface area contributed by atoms with Crippen molar-refractivity contribution in [1.82, 2.24) is 10.2 Å². The van der Waals surface area contributed by atoms with E-state index < -0.39 is 0 Å². The Hall–Kier alpha value is -2.56. The Balaban J connectivity index is 1.77. The van der Waals surface area contributed by atoms with Crippen LogP contribution < -0.4 is 5.32 Å². The van der Waals surface area contributed by atoms with Crippen LogP contribution in [0.1, 0.15) is 22.2 Å². The van der Waals surface area contributed by atoms with Crippen molar-refractivity contribution >= 4 is 17.5 Å². The van der Waals surface area contributed by atoms with Crippen LogP contribution in [0.4, 0.5) is 0 Å². The standard InChI is InChI=1S/C21H21ClN2O2/c1-24(2)19(17-10-6-7-11-18(17)22)14-23-21(25)20-16(12-13-26-20)15-8-4-3-5-9-15/h3-13,19H,14H2,1-2H3,(H,23,25). The number of hydrogen-bond acceptors (Lipinski definition) is 3. The van der Waals surface area contributed by atoms with Crippen LogP contribution in [0.3, 0.4) is 0 Å². The number of nitrogens with one attached hydrogen (secondary N) is 1. The fraction of sp³-hybridized carbons (Fsp3) is 0.190. The number of carbonyl (C=O) groups excluding carboxylic acids is 1. The number of halogens is 1. The minimum absolute atomic E-state index is 0.0391. The Labute approximate surface area is 158 Å². The summed E-state index contributed by atoms with van der Waals surface area (Å²) < 4.78 is 5.45. The molecule has 0 aliphatic carbocycles. The third-order valence-electron chi connectivity index (χ3n) is 4.30. The third kappa shape index (κ3) is 3.98. The Morgan fingerprint density at radius 3 is 2.46 bits per heavy atom. The lowest BCUT2D eigenvalue weighted by Crippen LogP contribution is -2.34. The van der Waals surface area contributed by atoms with Gasteiger partial charge in [0.05, 0.1) is 12.3 Å². The maximum absolute atomic E-state index is 12.7. The molecule has 1 N–H and O–H groups in total. The predicted octanol–water partition coefficient (Wildman–Crippen LogP) is 4.63. The summed E-state index contributed by atoms with van der Waals surface area (Å²) in [6.45, 7) is 0.421. The van der Waals surface area contributed by atoms with Crippen molar-refractivity contribution in [3.05, 3.63) is 83.3 Å². The molecule has 2 aromatic carbocycles. The molecule has 26 heavy (non-hydrogen) atoms. The summed E-state index contributed by atoms with van der Waals surface area (Å²) in [4.78, 5) is 14.7. The summed E-state index contributed by atoms with van der Waals surface area (Å²) in [5, 5.41) is 3.65. The number of benzene rings is 2. The van der Waals surface area contributed by atoms with E-state index in [1.54, 1.807) is 0 Å². The van der Waals surface area contributed by atoms with Gasteiger partial charge in [0.15, 0.2) is 5.76 Å². The summed E-state index contributed by atoms with van der Waals surface area (Å²) in [6.07, 6.45) is 1.54. The molecule has 0 saturated heterocycles. The smallest absolute Gasteiger partial charge is 0.287 e. The minimum Gasteiger partial charge on any atom is -0.459 e. The van der Waals surface area contributed by atoms with Crippen LogP contribution in [0, 0.1) is 0 Å². The van der Waals surface area contributed by atoms with Crippen LogP contribution >= 0.6 is 11.6 Å². The topological polar surface area (TPSA) is 45.5 Å². The molecule has 0 aliphatic rings. The first kappa shape index (κ1) is 18.2. The van der Waals surface area contributed by atoms with Crippen LogP contribution in [0.15, 0.2) is 71.3 Å². The number of rotatable bonds is 6. The Kier molecular flexibility index (Phi) is 5.76. The summed E-state index contributed by atoms with van der Waals surface area (Å²) in [5.74, 6) is 0.0700. The maximum Gasteiger partial charge on any atom is 0.287 e. The van der Waals surface area contributed by atoms with Gasteiger partial charge in [-0.2, -0.15) is 0 Å². The van der Waals surface area contributed by atoms with Crippen molar-refractivity contribution in [2.75, 3.05) is 20.6 Å². The highest BCUT2D eigenvalue weighted by Crippen LogP contribution is 2.27. The van der Waals surface area contributed by atoms with Gasteiger partial charge in [-0.1, -0.05) is 60.1 Å². The normalized spacial score (nSPS) is 12.2. The lowest BCUT2D eigenvalue weighted by molar-refractivity contribution is 0.0915. The molecule has 1 atom stereocenters. The predicted molar refractivity (Wildman–Crippen MR) is 104 cm³/mol. The number of amides is 1. The van der Waals surface area contributed by atoms with E-state index in [9.17, 15) is 4.79 Å². The molecule has 0 spiro atoms. The summed E-state index contributed by atoms with van der Waals surface area (Å²) in [5.41, 5.74) is 2.70. The van der Waals surface area contributed by atoms with Crippen LogP contribution in [0.2, 0.25) is 5.02 Å². The number of likely N-dealkylation sites (N-methyl/N-ethyl adjacent to an activating group) is 1. The van der Waals surface area contributed by atoms with Gasteiger partial charge < -0.3 is 14.6 Å². The third-order valence-corrected chi connectivity index (χ3v) is 4.64. The van der Waals surface area contributed by atoms with Gasteiger partial charge in [-0.25, -0.2) is 0 Å². The van der Waals surface area contributed by atoms with E-state index in [0.29, 0.717) is 17.3 Å². The van der Waals surface area contributed by atoms with Crippen molar-refractivity contribution < 1.29 is 9.21 Å². The van der Waals surface area contributed by atoms with Crippen LogP contribution in [0.5, 0.6) is 0 Å². The molecule has 4 nitrogen and oxygen atoms in total. The van der Waals surface area contributed by atoms with E-state index in [4.69, 9.17) is 16.0 Å². The highest BCUT2D eigenvalue weighted by atomic mass is 35.5. The first-order valence-electron chi connectivity index (χ1n) is 8.40. The van der Waals surface area contributed by atoms with Crippen LogP contribution in [0.25, 0.3) is 11.1 Å². The van der Waals surface area contributed by atoms with Crippen molar-refractivity contribution in [3.8, 4) is 11.1 Å². The van der Waals surface area contributed by atoms with Gasteiger partial charge in [0.1, 0.15) is 0 Å². The number of furan rings is 1. The highest BCUT2D eigenvalue weighted by molar-refractivity contribution is 6.31. The zero-order chi connectivity index (χ0) is 18.5. The van der Waals surface area contributed by atoms with E-state index in [1.807, 2.05) is 79.7 Å². The van der Waals surface area contributed by atoms with Gasteiger partial charge in [0.2, 0.25) is 0 Å². The summed E-state index contributed by atoms with van der Waals surface area (Å²) in [7, 11) is 3.92. The monoisotopic (exact) mass is 368 g/mol. The molecule has 0 saturated carbocycles. The van der Waals surface area contributed by atoms with Gasteiger partial charge in [0.25, 0.3) is 5.91 Å². The average molecular weight is 369 g/mol.